The van der Waals surface area contributed by atoms with Crippen molar-refractivity contribution in [2.75, 3.05) is 0 Å². The van der Waals surface area contributed by atoms with Crippen molar-refractivity contribution in [1.82, 2.24) is 39.8 Å². The van der Waals surface area contributed by atoms with E-state index in [0.29, 0.717) is 22.4 Å². The fourth-order valence-electron chi connectivity index (χ4n) is 3.95. The summed E-state index contributed by atoms with van der Waals surface area (Å²) < 4.78 is 15.8. The number of hydrogen-bond acceptors (Lipinski definition) is 7. The third kappa shape index (κ3) is 5.09. The number of carbonyl (C=O) groups excluding carboxylic acids is 2. The summed E-state index contributed by atoms with van der Waals surface area (Å²) in [6, 6.07) is 12.8. The summed E-state index contributed by atoms with van der Waals surface area (Å²) in [6.07, 6.45) is 1.23. The molecule has 5 aromatic rings. The maximum absolute atomic E-state index is 13.5. The van der Waals surface area contributed by atoms with E-state index in [2.05, 4.69) is 30.7 Å². The number of benzene rings is 2. The molecule has 0 spiro atoms. The number of aryl methyl sites for hydroxylation is 1. The molecule has 13 heteroatoms. The second kappa shape index (κ2) is 10.2. The van der Waals surface area contributed by atoms with E-state index in [1.165, 1.54) is 30.0 Å². The third-order valence-corrected chi connectivity index (χ3v) is 6.17. The summed E-state index contributed by atoms with van der Waals surface area (Å²) in [5.41, 5.74) is 2.42. The molecule has 0 bridgehead atoms. The van der Waals surface area contributed by atoms with Gasteiger partial charge in [0.1, 0.15) is 29.2 Å². The molecule has 0 atom stereocenters. The van der Waals surface area contributed by atoms with E-state index in [4.69, 9.17) is 0 Å². The van der Waals surface area contributed by atoms with Crippen molar-refractivity contribution < 1.29 is 19.1 Å². The highest BCUT2D eigenvalue weighted by molar-refractivity contribution is 5.98. The Balaban J connectivity index is 1.29. The molecule has 0 fully saturated rings. The van der Waals surface area contributed by atoms with Gasteiger partial charge in [-0.2, -0.15) is 14.6 Å². The number of nitrogens with zero attached hydrogens (tertiary/aromatic N) is 5. The van der Waals surface area contributed by atoms with Gasteiger partial charge < -0.3 is 20.7 Å². The van der Waals surface area contributed by atoms with E-state index in [-0.39, 0.29) is 42.0 Å². The quantitative estimate of drug-likeness (QED) is 0.250. The van der Waals surface area contributed by atoms with Gasteiger partial charge in [-0.05, 0) is 29.7 Å². The normalized spacial score (nSPS) is 11.1. The number of imidazole rings is 1. The van der Waals surface area contributed by atoms with Gasteiger partial charge in [-0.1, -0.05) is 36.4 Å². The lowest BCUT2D eigenvalue weighted by Gasteiger charge is -2.10. The zero-order valence-corrected chi connectivity index (χ0v) is 20.9. The maximum atomic E-state index is 13.5. The number of amides is 2. The van der Waals surface area contributed by atoms with Crippen molar-refractivity contribution in [3.05, 3.63) is 99.2 Å². The Kier molecular flexibility index (Phi) is 6.63. The molecule has 198 valence electrons. The van der Waals surface area contributed by atoms with Gasteiger partial charge in [-0.3, -0.25) is 14.2 Å². The number of fused-ring (bicyclic) bond motifs is 1. The van der Waals surface area contributed by atoms with Crippen LogP contribution in [0.1, 0.15) is 37.7 Å². The first-order valence-corrected chi connectivity index (χ1v) is 11.8. The predicted molar refractivity (Wildman–Crippen MR) is 137 cm³/mol. The smallest absolute Gasteiger partial charge is 0.328 e. The number of halogens is 1. The van der Waals surface area contributed by atoms with E-state index in [0.717, 1.165) is 10.1 Å². The van der Waals surface area contributed by atoms with Gasteiger partial charge in [0.15, 0.2) is 0 Å². The Labute approximate surface area is 220 Å². The molecule has 4 N–H and O–H groups in total. The number of aromatic hydroxyl groups is 1. The highest BCUT2D eigenvalue weighted by atomic mass is 19.1. The first-order valence-electron chi connectivity index (χ1n) is 11.8. The molecule has 0 radical (unpaired) electrons. The SMILES string of the molecule is Cc1cc(CNC(=O)c2cc(C(=O)NCc3ccc(-c4[nH]c(=O)n(C)c4O)cc3)n3ncnc3n2)ccc1F. The standard InChI is InChI=1S/C26H23FN8O4/c1-14-9-16(5-8-18(14)27)12-28-22(36)19-10-20(35-25(32-19)30-13-31-35)23(37)29-11-15-3-6-17(7-4-15)21-24(38)34(2)26(39)33-21/h3-10,13,38H,11-12H2,1-2H3,(H,28,36)(H,29,37)(H,33,39). The average molecular weight is 531 g/mol. The van der Waals surface area contributed by atoms with Crippen LogP contribution in [0.4, 0.5) is 4.39 Å². The summed E-state index contributed by atoms with van der Waals surface area (Å²) in [5.74, 6) is -1.48. The van der Waals surface area contributed by atoms with E-state index >= 15 is 0 Å². The third-order valence-electron chi connectivity index (χ3n) is 6.17. The Morgan fingerprint density at radius 2 is 1.72 bits per heavy atom. The lowest BCUT2D eigenvalue weighted by molar-refractivity contribution is 0.0942. The van der Waals surface area contributed by atoms with Crippen molar-refractivity contribution in [2.24, 2.45) is 7.05 Å². The van der Waals surface area contributed by atoms with Crippen LogP contribution in [0.15, 0.2) is 59.7 Å². The van der Waals surface area contributed by atoms with Gasteiger partial charge in [0.2, 0.25) is 5.88 Å². The lowest BCUT2D eigenvalue weighted by Crippen LogP contribution is -2.28. The van der Waals surface area contributed by atoms with E-state index in [1.54, 1.807) is 43.3 Å². The Morgan fingerprint density at radius 1 is 1.03 bits per heavy atom. The average Bonchev–Trinajstić information content (AvgIpc) is 3.52. The van der Waals surface area contributed by atoms with Crippen LogP contribution >= 0.6 is 0 Å². The van der Waals surface area contributed by atoms with Gasteiger partial charge in [0, 0.05) is 31.8 Å². The second-order valence-electron chi connectivity index (χ2n) is 8.83. The van der Waals surface area contributed by atoms with E-state index in [9.17, 15) is 23.9 Å². The molecule has 3 aromatic heterocycles. The zero-order chi connectivity index (χ0) is 27.7. The number of aromatic nitrogens is 6. The van der Waals surface area contributed by atoms with Crippen LogP contribution in [0.5, 0.6) is 5.88 Å². The molecule has 0 saturated heterocycles. The van der Waals surface area contributed by atoms with E-state index < -0.39 is 17.5 Å². The Morgan fingerprint density at radius 3 is 2.41 bits per heavy atom. The zero-order valence-electron chi connectivity index (χ0n) is 20.9. The van der Waals surface area contributed by atoms with Crippen LogP contribution in [-0.2, 0) is 20.1 Å². The fraction of sp³-hybridized carbons (Fsp3) is 0.154. The monoisotopic (exact) mass is 530 g/mol. The second-order valence-corrected chi connectivity index (χ2v) is 8.83. The number of rotatable bonds is 7. The molecule has 12 nitrogen and oxygen atoms in total. The van der Waals surface area contributed by atoms with Crippen molar-refractivity contribution in [3.63, 3.8) is 0 Å². The molecular weight excluding hydrogens is 507 g/mol. The molecule has 2 amide bonds. The highest BCUT2D eigenvalue weighted by Gasteiger charge is 2.19. The molecule has 2 aromatic carbocycles. The minimum Gasteiger partial charge on any atom is -0.493 e. The van der Waals surface area contributed by atoms with Crippen LogP contribution in [0.3, 0.4) is 0 Å². The van der Waals surface area contributed by atoms with Gasteiger partial charge >= 0.3 is 5.69 Å². The van der Waals surface area contributed by atoms with Crippen molar-refractivity contribution in [2.45, 2.75) is 20.0 Å². The van der Waals surface area contributed by atoms with Crippen LogP contribution < -0.4 is 16.3 Å². The molecule has 0 aliphatic rings. The summed E-state index contributed by atoms with van der Waals surface area (Å²) in [5, 5.41) is 19.6. The number of nitrogens with one attached hydrogen (secondary N) is 3. The lowest BCUT2D eigenvalue weighted by atomic mass is 10.1. The molecule has 3 heterocycles. The summed E-state index contributed by atoms with van der Waals surface area (Å²) in [7, 11) is 1.45. The topological polar surface area (TPSA) is 159 Å². The predicted octanol–water partition coefficient (Wildman–Crippen LogP) is 1.83. The molecule has 39 heavy (non-hydrogen) atoms. The molecule has 0 saturated carbocycles. The molecule has 0 aliphatic heterocycles. The molecule has 5 rings (SSSR count). The number of hydrogen-bond donors (Lipinski definition) is 4. The highest BCUT2D eigenvalue weighted by Crippen LogP contribution is 2.25. The maximum Gasteiger partial charge on any atom is 0.328 e. The summed E-state index contributed by atoms with van der Waals surface area (Å²) in [6.45, 7) is 1.93. The number of H-pyrrole nitrogens is 1. The minimum atomic E-state index is -0.533. The summed E-state index contributed by atoms with van der Waals surface area (Å²) in [4.78, 5) is 48.4. The molecular formula is C26H23FN8O4. The number of carbonyl (C=O) groups is 2. The van der Waals surface area contributed by atoms with Crippen LogP contribution in [-0.4, -0.2) is 46.1 Å². The molecule has 0 unspecified atom stereocenters. The van der Waals surface area contributed by atoms with Crippen molar-refractivity contribution in [1.29, 1.82) is 0 Å². The van der Waals surface area contributed by atoms with Crippen molar-refractivity contribution >= 4 is 17.6 Å². The van der Waals surface area contributed by atoms with Crippen LogP contribution in [0, 0.1) is 12.7 Å². The van der Waals surface area contributed by atoms with Crippen LogP contribution in [0.2, 0.25) is 0 Å². The van der Waals surface area contributed by atoms with Gasteiger partial charge in [-0.15, -0.1) is 0 Å². The van der Waals surface area contributed by atoms with Gasteiger partial charge in [0.05, 0.1) is 0 Å². The van der Waals surface area contributed by atoms with Gasteiger partial charge in [-0.25, -0.2) is 14.2 Å². The fourth-order valence-corrected chi connectivity index (χ4v) is 3.95. The largest absolute Gasteiger partial charge is 0.493 e. The Bertz CT molecular complexity index is 1770. The van der Waals surface area contributed by atoms with Gasteiger partial charge in [0.25, 0.3) is 17.6 Å². The van der Waals surface area contributed by atoms with Crippen molar-refractivity contribution in [3.8, 4) is 17.1 Å². The van der Waals surface area contributed by atoms with Crippen LogP contribution in [0.25, 0.3) is 17.0 Å². The minimum absolute atomic E-state index is 0.0273. The first-order chi connectivity index (χ1) is 18.7. The molecule has 0 aliphatic carbocycles. The first kappa shape index (κ1) is 25.3. The Hall–Kier alpha value is -5.33. The van der Waals surface area contributed by atoms with E-state index in [1.807, 2.05) is 0 Å². The number of aromatic amines is 1. The summed E-state index contributed by atoms with van der Waals surface area (Å²) >= 11 is 0.